The van der Waals surface area contributed by atoms with Crippen LogP contribution in [0.2, 0.25) is 0 Å². The third kappa shape index (κ3) is 2.73. The van der Waals surface area contributed by atoms with E-state index in [1.807, 2.05) is 18.8 Å². The van der Waals surface area contributed by atoms with Crippen LogP contribution in [0.3, 0.4) is 0 Å². The topological polar surface area (TPSA) is 47.1 Å². The Kier molecular flexibility index (Phi) is 3.82. The van der Waals surface area contributed by atoms with Gasteiger partial charge in [-0.25, -0.2) is 4.98 Å². The predicted octanol–water partition coefficient (Wildman–Crippen LogP) is 2.12. The van der Waals surface area contributed by atoms with Crippen LogP contribution in [0.25, 0.3) is 4.96 Å². The minimum absolute atomic E-state index is 0.371. The van der Waals surface area contributed by atoms with Gasteiger partial charge in [-0.1, -0.05) is 0 Å². The second kappa shape index (κ2) is 5.61. The van der Waals surface area contributed by atoms with Gasteiger partial charge in [0.25, 0.3) is 0 Å². The number of aryl methyl sites for hydroxylation is 2. The first-order valence-corrected chi connectivity index (χ1v) is 8.04. The third-order valence-corrected chi connectivity index (χ3v) is 4.89. The van der Waals surface area contributed by atoms with Gasteiger partial charge in [-0.3, -0.25) is 9.08 Å². The number of thiazole rings is 1. The van der Waals surface area contributed by atoms with E-state index in [4.69, 9.17) is 0 Å². The Hall–Kier alpha value is -1.66. The fraction of sp³-hybridized carbons (Fsp3) is 0.467. The highest BCUT2D eigenvalue weighted by Gasteiger charge is 2.16. The van der Waals surface area contributed by atoms with Gasteiger partial charge in [0.05, 0.1) is 11.4 Å². The molecule has 3 aromatic rings. The monoisotopic (exact) mass is 303 g/mol. The van der Waals surface area contributed by atoms with Crippen LogP contribution in [0.1, 0.15) is 22.6 Å². The van der Waals surface area contributed by atoms with Crippen molar-refractivity contribution in [2.24, 2.45) is 7.05 Å². The molecule has 3 rings (SSSR count). The van der Waals surface area contributed by atoms with Gasteiger partial charge in [-0.2, -0.15) is 5.10 Å². The third-order valence-electron chi connectivity index (χ3n) is 4.12. The van der Waals surface area contributed by atoms with E-state index in [1.54, 1.807) is 11.3 Å². The molecule has 3 aromatic heterocycles. The van der Waals surface area contributed by atoms with Gasteiger partial charge in [0, 0.05) is 43.0 Å². The van der Waals surface area contributed by atoms with Crippen molar-refractivity contribution in [1.82, 2.24) is 24.5 Å². The second-order valence-corrected chi connectivity index (χ2v) is 6.36. The molecule has 0 radical (unpaired) electrons. The molecule has 0 aliphatic carbocycles. The molecule has 0 aromatic carbocycles. The summed E-state index contributed by atoms with van der Waals surface area (Å²) in [5, 5.41) is 9.98. The Morgan fingerprint density at radius 3 is 2.76 bits per heavy atom. The second-order valence-electron chi connectivity index (χ2n) is 5.49. The van der Waals surface area contributed by atoms with Gasteiger partial charge in [-0.05, 0) is 32.9 Å². The standard InChI is InChI=1S/C15H21N5S/c1-10-14(11(2)19(4)18-10)8-12(16-3)7-13-9-20-5-6-21-15(20)17-13/h5-6,9,12,16H,7-8H2,1-4H3. The van der Waals surface area contributed by atoms with Crippen molar-refractivity contribution in [2.75, 3.05) is 7.05 Å². The maximum Gasteiger partial charge on any atom is 0.193 e. The zero-order valence-electron chi connectivity index (χ0n) is 12.9. The molecule has 0 amide bonds. The number of rotatable bonds is 5. The molecule has 0 saturated heterocycles. The number of aromatic nitrogens is 4. The van der Waals surface area contributed by atoms with Crippen LogP contribution < -0.4 is 5.32 Å². The minimum Gasteiger partial charge on any atom is -0.316 e. The minimum atomic E-state index is 0.371. The maximum absolute atomic E-state index is 4.67. The zero-order valence-corrected chi connectivity index (χ0v) is 13.7. The lowest BCUT2D eigenvalue weighted by molar-refractivity contribution is 0.549. The van der Waals surface area contributed by atoms with Crippen LogP contribution in [-0.4, -0.2) is 32.3 Å². The van der Waals surface area contributed by atoms with Crippen molar-refractivity contribution in [3.63, 3.8) is 0 Å². The molecule has 3 heterocycles. The molecule has 112 valence electrons. The summed E-state index contributed by atoms with van der Waals surface area (Å²) in [5.74, 6) is 0. The molecule has 0 saturated carbocycles. The lowest BCUT2D eigenvalue weighted by atomic mass is 10.0. The van der Waals surface area contributed by atoms with E-state index < -0.39 is 0 Å². The first-order chi connectivity index (χ1) is 10.1. The highest BCUT2D eigenvalue weighted by molar-refractivity contribution is 7.15. The van der Waals surface area contributed by atoms with Crippen molar-refractivity contribution in [2.45, 2.75) is 32.7 Å². The van der Waals surface area contributed by atoms with Crippen LogP contribution in [-0.2, 0) is 19.9 Å². The number of nitrogens with one attached hydrogen (secondary N) is 1. The molecule has 1 N–H and O–H groups in total. The summed E-state index contributed by atoms with van der Waals surface area (Å²) in [4.78, 5) is 5.74. The molecule has 5 nitrogen and oxygen atoms in total. The SMILES string of the molecule is CNC(Cc1cn2ccsc2n1)Cc1c(C)nn(C)c1C. The van der Waals surface area contributed by atoms with E-state index >= 15 is 0 Å². The molecular formula is C15H21N5S. The van der Waals surface area contributed by atoms with E-state index in [0.717, 1.165) is 29.2 Å². The number of imidazole rings is 1. The van der Waals surface area contributed by atoms with Crippen molar-refractivity contribution < 1.29 is 0 Å². The number of fused-ring (bicyclic) bond motifs is 1. The fourth-order valence-electron chi connectivity index (χ4n) is 2.76. The molecule has 21 heavy (non-hydrogen) atoms. The predicted molar refractivity (Wildman–Crippen MR) is 86.0 cm³/mol. The Morgan fingerprint density at radius 1 is 1.33 bits per heavy atom. The van der Waals surface area contributed by atoms with Crippen molar-refractivity contribution in [3.8, 4) is 0 Å². The molecule has 0 spiro atoms. The van der Waals surface area contributed by atoms with Crippen LogP contribution in [0.5, 0.6) is 0 Å². The van der Waals surface area contributed by atoms with E-state index in [2.05, 4.69) is 51.4 Å². The van der Waals surface area contributed by atoms with Gasteiger partial charge in [0.15, 0.2) is 4.96 Å². The van der Waals surface area contributed by atoms with Crippen molar-refractivity contribution in [1.29, 1.82) is 0 Å². The van der Waals surface area contributed by atoms with E-state index in [0.29, 0.717) is 6.04 Å². The van der Waals surface area contributed by atoms with E-state index in [-0.39, 0.29) is 0 Å². The average Bonchev–Trinajstić information content (AvgIpc) is 3.08. The smallest absolute Gasteiger partial charge is 0.193 e. The molecular weight excluding hydrogens is 282 g/mol. The first kappa shape index (κ1) is 14.3. The lowest BCUT2D eigenvalue weighted by Crippen LogP contribution is -2.30. The Balaban J connectivity index is 1.77. The molecule has 0 fully saturated rings. The van der Waals surface area contributed by atoms with Gasteiger partial charge >= 0.3 is 0 Å². The highest BCUT2D eigenvalue weighted by Crippen LogP contribution is 2.17. The largest absolute Gasteiger partial charge is 0.316 e. The highest BCUT2D eigenvalue weighted by atomic mass is 32.1. The van der Waals surface area contributed by atoms with Crippen LogP contribution in [0.4, 0.5) is 0 Å². The summed E-state index contributed by atoms with van der Waals surface area (Å²) in [6, 6.07) is 0.371. The average molecular weight is 303 g/mol. The van der Waals surface area contributed by atoms with Crippen LogP contribution >= 0.6 is 11.3 Å². The summed E-state index contributed by atoms with van der Waals surface area (Å²) in [6.07, 6.45) is 6.09. The Morgan fingerprint density at radius 2 is 2.14 bits per heavy atom. The molecule has 0 bridgehead atoms. The van der Waals surface area contributed by atoms with E-state index in [1.165, 1.54) is 11.3 Å². The van der Waals surface area contributed by atoms with Gasteiger partial charge in [0.2, 0.25) is 0 Å². The van der Waals surface area contributed by atoms with Gasteiger partial charge in [0.1, 0.15) is 0 Å². The van der Waals surface area contributed by atoms with Crippen LogP contribution in [0, 0.1) is 13.8 Å². The number of hydrogen-bond donors (Lipinski definition) is 1. The number of likely N-dealkylation sites (N-methyl/N-ethyl adjacent to an activating group) is 1. The summed E-state index contributed by atoms with van der Waals surface area (Å²) in [5.41, 5.74) is 4.86. The molecule has 0 aliphatic rings. The van der Waals surface area contributed by atoms with Crippen molar-refractivity contribution in [3.05, 3.63) is 40.4 Å². The van der Waals surface area contributed by atoms with Gasteiger partial charge in [-0.15, -0.1) is 11.3 Å². The molecule has 1 atom stereocenters. The quantitative estimate of drug-likeness (QED) is 0.785. The lowest BCUT2D eigenvalue weighted by Gasteiger charge is -2.15. The Labute approximate surface area is 128 Å². The summed E-state index contributed by atoms with van der Waals surface area (Å²) in [6.45, 7) is 4.22. The maximum atomic E-state index is 4.67. The zero-order chi connectivity index (χ0) is 15.0. The molecule has 0 aliphatic heterocycles. The van der Waals surface area contributed by atoms with E-state index in [9.17, 15) is 0 Å². The fourth-order valence-corrected chi connectivity index (χ4v) is 3.48. The molecule has 1 unspecified atom stereocenters. The Bertz CT molecular complexity index is 723. The normalized spacial score (nSPS) is 13.1. The summed E-state index contributed by atoms with van der Waals surface area (Å²) >= 11 is 1.67. The van der Waals surface area contributed by atoms with Gasteiger partial charge < -0.3 is 5.32 Å². The number of nitrogens with zero attached hydrogens (tertiary/aromatic N) is 4. The summed E-state index contributed by atoms with van der Waals surface area (Å²) in [7, 11) is 4.02. The number of hydrogen-bond acceptors (Lipinski definition) is 4. The first-order valence-electron chi connectivity index (χ1n) is 7.16. The van der Waals surface area contributed by atoms with Crippen molar-refractivity contribution >= 4 is 16.3 Å². The summed E-state index contributed by atoms with van der Waals surface area (Å²) < 4.78 is 4.05. The van der Waals surface area contributed by atoms with Crippen LogP contribution in [0.15, 0.2) is 17.8 Å². The molecule has 6 heteroatoms.